The minimum Gasteiger partial charge on any atom is -0.399 e. The van der Waals surface area contributed by atoms with E-state index in [1.54, 1.807) is 0 Å². The van der Waals surface area contributed by atoms with Gasteiger partial charge in [-0.15, -0.1) is 0 Å². The first-order valence-electron chi connectivity index (χ1n) is 12.2. The summed E-state index contributed by atoms with van der Waals surface area (Å²) in [5.74, 6) is 0.181. The van der Waals surface area contributed by atoms with Crippen molar-refractivity contribution in [3.63, 3.8) is 0 Å². The molecule has 0 bridgehead atoms. The Kier molecular flexibility index (Phi) is 5.10. The molecule has 1 aromatic rings. The second-order valence-corrected chi connectivity index (χ2v) is 11.7. The van der Waals surface area contributed by atoms with E-state index in [1.807, 2.05) is 18.7 Å². The average Bonchev–Trinajstić information content (AvgIpc) is 3.01. The van der Waals surface area contributed by atoms with Gasteiger partial charge in [-0.3, -0.25) is 9.69 Å². The van der Waals surface area contributed by atoms with Gasteiger partial charge in [0.2, 0.25) is 5.91 Å². The number of benzene rings is 1. The van der Waals surface area contributed by atoms with Gasteiger partial charge in [0.15, 0.2) is 0 Å². The second-order valence-electron chi connectivity index (χ2n) is 11.7. The Labute approximate surface area is 192 Å². The van der Waals surface area contributed by atoms with E-state index < -0.39 is 23.7 Å². The highest BCUT2D eigenvalue weighted by Crippen LogP contribution is 2.46. The number of carbonyl (C=O) groups excluding carboxylic acids is 1. The van der Waals surface area contributed by atoms with Crippen molar-refractivity contribution < 1.29 is 19.2 Å². The highest BCUT2D eigenvalue weighted by atomic mass is 16.7. The van der Waals surface area contributed by atoms with Gasteiger partial charge >= 0.3 is 7.12 Å². The lowest BCUT2D eigenvalue weighted by Gasteiger charge is -2.48. The average molecular weight is 440 g/mol. The molecule has 1 aliphatic carbocycles. The second kappa shape index (κ2) is 7.30. The molecule has 7 heteroatoms. The molecule has 174 valence electrons. The number of β-amino-alcohol motifs (C(OH)–C–C–N with tert-alkyl or cyclic N) is 1. The van der Waals surface area contributed by atoms with Crippen LogP contribution in [0, 0.1) is 0 Å². The third-order valence-electron chi connectivity index (χ3n) is 8.63. The van der Waals surface area contributed by atoms with Gasteiger partial charge in [0.1, 0.15) is 0 Å². The molecule has 3 fully saturated rings. The fourth-order valence-corrected chi connectivity index (χ4v) is 5.67. The van der Waals surface area contributed by atoms with Crippen molar-refractivity contribution in [2.75, 3.05) is 18.0 Å². The molecule has 1 atom stereocenters. The molecular formula is C25H37BN2O4. The molecule has 0 spiro atoms. The quantitative estimate of drug-likeness (QED) is 0.733. The number of piperidine rings is 1. The molecule has 3 aliphatic heterocycles. The lowest BCUT2D eigenvalue weighted by atomic mass is 9.76. The van der Waals surface area contributed by atoms with Crippen molar-refractivity contribution in [3.8, 4) is 0 Å². The zero-order valence-electron chi connectivity index (χ0n) is 20.4. The number of hydrogen-bond donors (Lipinski definition) is 1. The van der Waals surface area contributed by atoms with Gasteiger partial charge in [0, 0.05) is 24.3 Å². The zero-order chi connectivity index (χ0) is 23.1. The van der Waals surface area contributed by atoms with Crippen molar-refractivity contribution in [1.29, 1.82) is 0 Å². The van der Waals surface area contributed by atoms with Crippen LogP contribution in [0.15, 0.2) is 18.2 Å². The van der Waals surface area contributed by atoms with Gasteiger partial charge in [0.05, 0.1) is 22.7 Å². The van der Waals surface area contributed by atoms with E-state index in [-0.39, 0.29) is 18.1 Å². The molecule has 0 unspecified atom stereocenters. The van der Waals surface area contributed by atoms with Crippen molar-refractivity contribution in [2.24, 2.45) is 0 Å². The standard InChI is InChI=1S/C25H37BN2O4/c1-23(2)20-10-9-16(26-31-24(3,4)25(5,6)32-26)12-21(20)28(22(23)30)18-13-17(14-18)27-11-7-8-19(29)15-27/h9-10,12,17-19,29H,7-8,11,13-15H2,1-6H3/t17?,18?,19-/m0/s1. The summed E-state index contributed by atoms with van der Waals surface area (Å²) >= 11 is 0. The highest BCUT2D eigenvalue weighted by molar-refractivity contribution is 6.62. The number of anilines is 1. The number of fused-ring (bicyclic) bond motifs is 1. The molecule has 0 radical (unpaired) electrons. The summed E-state index contributed by atoms with van der Waals surface area (Å²) in [6.07, 6.45) is 3.68. The van der Waals surface area contributed by atoms with E-state index in [9.17, 15) is 9.90 Å². The maximum Gasteiger partial charge on any atom is 0.494 e. The molecule has 0 aromatic heterocycles. The topological polar surface area (TPSA) is 62.2 Å². The third kappa shape index (κ3) is 3.35. The fourth-order valence-electron chi connectivity index (χ4n) is 5.67. The third-order valence-corrected chi connectivity index (χ3v) is 8.63. The predicted molar refractivity (Wildman–Crippen MR) is 126 cm³/mol. The number of likely N-dealkylation sites (tertiary alicyclic amines) is 1. The largest absolute Gasteiger partial charge is 0.494 e. The lowest BCUT2D eigenvalue weighted by Crippen LogP contribution is -2.58. The molecule has 3 heterocycles. The molecule has 1 amide bonds. The van der Waals surface area contributed by atoms with E-state index >= 15 is 0 Å². The Balaban J connectivity index is 1.39. The molecule has 1 aromatic carbocycles. The van der Waals surface area contributed by atoms with Crippen LogP contribution in [-0.2, 0) is 19.5 Å². The van der Waals surface area contributed by atoms with Crippen LogP contribution < -0.4 is 10.4 Å². The van der Waals surface area contributed by atoms with Gasteiger partial charge in [-0.1, -0.05) is 12.1 Å². The summed E-state index contributed by atoms with van der Waals surface area (Å²) in [6.45, 7) is 14.1. The molecule has 6 nitrogen and oxygen atoms in total. The molecule has 5 rings (SSSR count). The minimum atomic E-state index is -0.532. The summed E-state index contributed by atoms with van der Waals surface area (Å²) in [4.78, 5) is 18.0. The van der Waals surface area contributed by atoms with Crippen LogP contribution in [0.1, 0.15) is 72.8 Å². The smallest absolute Gasteiger partial charge is 0.399 e. The highest BCUT2D eigenvalue weighted by Gasteiger charge is 2.54. The Morgan fingerprint density at radius 3 is 2.31 bits per heavy atom. The maximum absolute atomic E-state index is 13.5. The van der Waals surface area contributed by atoms with Gasteiger partial charge in [0.25, 0.3) is 0 Å². The van der Waals surface area contributed by atoms with E-state index in [0.29, 0.717) is 6.04 Å². The molecule has 32 heavy (non-hydrogen) atoms. The SMILES string of the molecule is CC1(C)C(=O)N(C2CC(N3CCC[C@H](O)C3)C2)c2cc(B3OC(C)(C)C(C)(C)O3)ccc21. The summed E-state index contributed by atoms with van der Waals surface area (Å²) in [5.41, 5.74) is 1.73. The number of aliphatic hydroxyl groups is 1. The van der Waals surface area contributed by atoms with E-state index in [2.05, 4.69) is 50.8 Å². The van der Waals surface area contributed by atoms with Crippen LogP contribution in [0.2, 0.25) is 0 Å². The minimum absolute atomic E-state index is 0.181. The summed E-state index contributed by atoms with van der Waals surface area (Å²) < 4.78 is 12.6. The van der Waals surface area contributed by atoms with E-state index in [1.165, 1.54) is 0 Å². The van der Waals surface area contributed by atoms with Crippen LogP contribution in [0.25, 0.3) is 0 Å². The zero-order valence-corrected chi connectivity index (χ0v) is 20.4. The van der Waals surface area contributed by atoms with Crippen LogP contribution in [0.3, 0.4) is 0 Å². The Hall–Kier alpha value is -1.41. The number of nitrogens with zero attached hydrogens (tertiary/aromatic N) is 2. The first-order valence-corrected chi connectivity index (χ1v) is 12.2. The molecule has 4 aliphatic rings. The molecule has 1 N–H and O–H groups in total. The first kappa shape index (κ1) is 22.4. The van der Waals surface area contributed by atoms with Gasteiger partial charge < -0.3 is 19.3 Å². The van der Waals surface area contributed by atoms with Gasteiger partial charge in [-0.05, 0) is 90.9 Å². The van der Waals surface area contributed by atoms with Crippen molar-refractivity contribution >= 4 is 24.2 Å². The van der Waals surface area contributed by atoms with Crippen LogP contribution in [0.4, 0.5) is 5.69 Å². The summed E-state index contributed by atoms with van der Waals surface area (Å²) in [7, 11) is -0.435. The molecule has 1 saturated carbocycles. The number of carbonyl (C=O) groups is 1. The predicted octanol–water partition coefficient (Wildman–Crippen LogP) is 2.60. The Bertz CT molecular complexity index is 909. The Morgan fingerprint density at radius 2 is 1.69 bits per heavy atom. The number of amides is 1. The van der Waals surface area contributed by atoms with E-state index in [4.69, 9.17) is 9.31 Å². The summed E-state index contributed by atoms with van der Waals surface area (Å²) in [6, 6.07) is 6.92. The molecular weight excluding hydrogens is 403 g/mol. The van der Waals surface area contributed by atoms with Crippen molar-refractivity contribution in [1.82, 2.24) is 4.90 Å². The number of aliphatic hydroxyl groups excluding tert-OH is 1. The van der Waals surface area contributed by atoms with E-state index in [0.717, 1.165) is 55.5 Å². The van der Waals surface area contributed by atoms with Crippen LogP contribution in [-0.4, -0.2) is 65.5 Å². The van der Waals surface area contributed by atoms with Gasteiger partial charge in [-0.2, -0.15) is 0 Å². The van der Waals surface area contributed by atoms with Crippen LogP contribution >= 0.6 is 0 Å². The maximum atomic E-state index is 13.5. The number of hydrogen-bond acceptors (Lipinski definition) is 5. The number of rotatable bonds is 3. The van der Waals surface area contributed by atoms with Crippen LogP contribution in [0.5, 0.6) is 0 Å². The summed E-state index contributed by atoms with van der Waals surface area (Å²) in [5, 5.41) is 10.0. The molecule has 2 saturated heterocycles. The lowest BCUT2D eigenvalue weighted by molar-refractivity contribution is -0.123. The normalized spacial score (nSPS) is 33.3. The van der Waals surface area contributed by atoms with Gasteiger partial charge in [-0.25, -0.2) is 0 Å². The van der Waals surface area contributed by atoms with Crippen molar-refractivity contribution in [2.45, 2.75) is 102 Å². The first-order chi connectivity index (χ1) is 14.9. The van der Waals surface area contributed by atoms with Crippen molar-refractivity contribution in [3.05, 3.63) is 23.8 Å². The fraction of sp³-hybridized carbons (Fsp3) is 0.720. The Morgan fingerprint density at radius 1 is 1.03 bits per heavy atom. The monoisotopic (exact) mass is 440 g/mol.